The van der Waals surface area contributed by atoms with Crippen molar-refractivity contribution in [2.45, 2.75) is 31.6 Å². The number of benzene rings is 1. The number of hydrogen-bond donors (Lipinski definition) is 1. The maximum Gasteiger partial charge on any atom is 1.00 e. The Morgan fingerprint density at radius 2 is 1.50 bits per heavy atom. The molecule has 0 amide bonds. The van der Waals surface area contributed by atoms with Gasteiger partial charge in [-0.1, -0.05) is 13.8 Å². The van der Waals surface area contributed by atoms with Gasteiger partial charge in [0.05, 0.1) is 16.8 Å². The Balaban J connectivity index is 0. The Morgan fingerprint density at radius 1 is 1.05 bits per heavy atom. The molecule has 0 aliphatic heterocycles. The molecule has 1 aromatic carbocycles. The van der Waals surface area contributed by atoms with Crippen molar-refractivity contribution in [3.63, 3.8) is 0 Å². The van der Waals surface area contributed by atoms with E-state index in [0.717, 1.165) is 6.07 Å². The fourth-order valence-corrected chi connectivity index (χ4v) is 2.95. The monoisotopic (exact) mass is 346 g/mol. The van der Waals surface area contributed by atoms with Gasteiger partial charge < -0.3 is 19.8 Å². The van der Waals surface area contributed by atoms with Gasteiger partial charge in [0.2, 0.25) is 0 Å². The second-order valence-corrected chi connectivity index (χ2v) is 5.40. The SMILES string of the molecule is CCc1c(C(=O)[O-])cc(S(=O)(=O)O)c(CC)c1C(=O)[O-].[Na+].[Na+]. The van der Waals surface area contributed by atoms with E-state index >= 15 is 0 Å². The third-order valence-corrected chi connectivity index (χ3v) is 3.83. The summed E-state index contributed by atoms with van der Waals surface area (Å²) < 4.78 is 31.7. The molecule has 0 atom stereocenters. The van der Waals surface area contributed by atoms with Crippen LogP contribution in [0.2, 0.25) is 0 Å². The van der Waals surface area contributed by atoms with Crippen LogP contribution in [-0.2, 0) is 23.0 Å². The molecule has 0 saturated carbocycles. The van der Waals surface area contributed by atoms with Gasteiger partial charge in [-0.05, 0) is 30.0 Å². The largest absolute Gasteiger partial charge is 1.00 e. The minimum absolute atomic E-state index is 0. The molecule has 0 fully saturated rings. The number of carboxylic acids is 2. The van der Waals surface area contributed by atoms with E-state index in [1.54, 1.807) is 0 Å². The van der Waals surface area contributed by atoms with Crippen LogP contribution in [0.5, 0.6) is 0 Å². The Kier molecular flexibility index (Phi) is 10.4. The van der Waals surface area contributed by atoms with Crippen molar-refractivity contribution in [3.8, 4) is 0 Å². The summed E-state index contributed by atoms with van der Waals surface area (Å²) in [6.45, 7) is 3.00. The maximum absolute atomic E-state index is 11.3. The van der Waals surface area contributed by atoms with Crippen LogP contribution in [0.4, 0.5) is 0 Å². The third-order valence-electron chi connectivity index (χ3n) is 2.91. The Labute approximate surface area is 172 Å². The molecule has 1 aromatic rings. The van der Waals surface area contributed by atoms with Gasteiger partial charge in [0.25, 0.3) is 10.1 Å². The molecule has 0 radical (unpaired) electrons. The van der Waals surface area contributed by atoms with Crippen molar-refractivity contribution in [3.05, 3.63) is 28.3 Å². The van der Waals surface area contributed by atoms with Gasteiger partial charge in [0, 0.05) is 11.1 Å². The molecule has 0 aromatic heterocycles. The second kappa shape index (κ2) is 9.39. The summed E-state index contributed by atoms with van der Waals surface area (Å²) in [5, 5.41) is 22.2. The maximum atomic E-state index is 11.3. The summed E-state index contributed by atoms with van der Waals surface area (Å²) in [6, 6.07) is 0.717. The quantitative estimate of drug-likeness (QED) is 0.413. The van der Waals surface area contributed by atoms with Crippen LogP contribution in [-0.4, -0.2) is 24.9 Å². The Hall–Kier alpha value is 0.0700. The molecule has 22 heavy (non-hydrogen) atoms. The Morgan fingerprint density at radius 3 is 1.77 bits per heavy atom. The van der Waals surface area contributed by atoms with Crippen LogP contribution >= 0.6 is 0 Å². The van der Waals surface area contributed by atoms with E-state index in [2.05, 4.69) is 0 Å². The molecular formula is C12H12Na2O7S. The fourth-order valence-electron chi connectivity index (χ4n) is 2.12. The minimum Gasteiger partial charge on any atom is -0.545 e. The molecule has 1 N–H and O–H groups in total. The van der Waals surface area contributed by atoms with Crippen molar-refractivity contribution in [1.82, 2.24) is 0 Å². The van der Waals surface area contributed by atoms with E-state index in [0.29, 0.717) is 0 Å². The number of hydrogen-bond acceptors (Lipinski definition) is 6. The zero-order chi connectivity index (χ0) is 15.7. The van der Waals surface area contributed by atoms with Crippen molar-refractivity contribution in [2.24, 2.45) is 0 Å². The van der Waals surface area contributed by atoms with Gasteiger partial charge in [-0.3, -0.25) is 4.55 Å². The standard InChI is InChI=1S/C12H14O7S.2Na/c1-3-6-8(11(13)14)5-9(20(17,18)19)7(4-2)10(6)12(15)16;;/h5H,3-4H2,1-2H3,(H,13,14)(H,15,16)(H,17,18,19);;/q;2*+1/p-2. The summed E-state index contributed by atoms with van der Waals surface area (Å²) in [4.78, 5) is 21.5. The average Bonchev–Trinajstić information content (AvgIpc) is 2.34. The van der Waals surface area contributed by atoms with Crippen LogP contribution in [0, 0.1) is 0 Å². The number of carbonyl (C=O) groups excluding carboxylic acids is 2. The zero-order valence-corrected chi connectivity index (χ0v) is 17.6. The molecule has 10 heteroatoms. The van der Waals surface area contributed by atoms with E-state index in [1.807, 2.05) is 0 Å². The topological polar surface area (TPSA) is 135 Å². The van der Waals surface area contributed by atoms with Crippen molar-refractivity contribution >= 4 is 22.1 Å². The second-order valence-electron chi connectivity index (χ2n) is 4.01. The first kappa shape index (κ1) is 24.3. The first-order chi connectivity index (χ1) is 9.15. The first-order valence-corrected chi connectivity index (χ1v) is 7.18. The molecule has 0 aliphatic rings. The smallest absolute Gasteiger partial charge is 0.545 e. The number of carboxylic acid groups (broad SMARTS) is 2. The predicted molar refractivity (Wildman–Crippen MR) is 63.7 cm³/mol. The average molecular weight is 346 g/mol. The number of aromatic carboxylic acids is 2. The Bertz CT molecular complexity index is 683. The third kappa shape index (κ3) is 5.04. The predicted octanol–water partition coefficient (Wildman–Crippen LogP) is -7.21. The van der Waals surface area contributed by atoms with E-state index in [9.17, 15) is 28.2 Å². The molecule has 0 aliphatic carbocycles. The van der Waals surface area contributed by atoms with Gasteiger partial charge in [0.1, 0.15) is 0 Å². The molecule has 0 saturated heterocycles. The van der Waals surface area contributed by atoms with Gasteiger partial charge in [-0.25, -0.2) is 0 Å². The van der Waals surface area contributed by atoms with E-state index < -0.39 is 38.1 Å². The van der Waals surface area contributed by atoms with Gasteiger partial charge in [-0.15, -0.1) is 0 Å². The normalized spacial score (nSPS) is 10.3. The molecule has 1 rings (SSSR count). The van der Waals surface area contributed by atoms with Crippen LogP contribution in [0.15, 0.2) is 11.0 Å². The van der Waals surface area contributed by atoms with Crippen molar-refractivity contribution in [2.75, 3.05) is 0 Å². The molecule has 7 nitrogen and oxygen atoms in total. The molecule has 0 heterocycles. The van der Waals surface area contributed by atoms with Crippen molar-refractivity contribution in [1.29, 1.82) is 0 Å². The summed E-state index contributed by atoms with van der Waals surface area (Å²) in [5.41, 5.74) is -1.38. The minimum atomic E-state index is -4.76. The van der Waals surface area contributed by atoms with Crippen LogP contribution in [0.3, 0.4) is 0 Å². The number of carbonyl (C=O) groups is 2. The van der Waals surface area contributed by atoms with Gasteiger partial charge >= 0.3 is 59.1 Å². The summed E-state index contributed by atoms with van der Waals surface area (Å²) >= 11 is 0. The zero-order valence-electron chi connectivity index (χ0n) is 12.8. The number of rotatable bonds is 5. The molecular weight excluding hydrogens is 334 g/mol. The summed E-state index contributed by atoms with van der Waals surface area (Å²) in [7, 11) is -4.76. The van der Waals surface area contributed by atoms with Crippen LogP contribution in [0.1, 0.15) is 45.7 Å². The van der Waals surface area contributed by atoms with E-state index in [1.165, 1.54) is 13.8 Å². The van der Waals surface area contributed by atoms with Gasteiger partial charge in [0.15, 0.2) is 0 Å². The molecule has 0 unspecified atom stereocenters. The van der Waals surface area contributed by atoms with Crippen LogP contribution < -0.4 is 69.3 Å². The molecule has 0 spiro atoms. The van der Waals surface area contributed by atoms with Gasteiger partial charge in [-0.2, -0.15) is 8.42 Å². The van der Waals surface area contributed by atoms with Crippen molar-refractivity contribution < 1.29 is 91.9 Å². The molecule has 110 valence electrons. The summed E-state index contributed by atoms with van der Waals surface area (Å²) in [6.07, 6.45) is 0.00411. The summed E-state index contributed by atoms with van der Waals surface area (Å²) in [5.74, 6) is -3.43. The van der Waals surface area contributed by atoms with Crippen LogP contribution in [0.25, 0.3) is 0 Å². The fraction of sp³-hybridized carbons (Fsp3) is 0.333. The van der Waals surface area contributed by atoms with E-state index in [4.69, 9.17) is 4.55 Å². The van der Waals surface area contributed by atoms with E-state index in [-0.39, 0.29) is 83.1 Å². The molecule has 0 bridgehead atoms. The first-order valence-electron chi connectivity index (χ1n) is 5.74.